The van der Waals surface area contributed by atoms with Gasteiger partial charge in [-0.2, -0.15) is 0 Å². The van der Waals surface area contributed by atoms with Gasteiger partial charge in [0.05, 0.1) is 5.92 Å². The SMILES string of the molecule is Cc1ccc(C(=O)[C@H](C)OC(=O)[C@@H]2CC(=O)N(c3c(C)cccc3C)C2)cc1. The van der Waals surface area contributed by atoms with E-state index in [9.17, 15) is 14.4 Å². The molecule has 2 aromatic carbocycles. The molecule has 0 unspecified atom stereocenters. The van der Waals surface area contributed by atoms with E-state index in [2.05, 4.69) is 0 Å². The van der Waals surface area contributed by atoms with Crippen molar-refractivity contribution < 1.29 is 19.1 Å². The fraction of sp³-hybridized carbons (Fsp3) is 0.348. The van der Waals surface area contributed by atoms with Crippen molar-refractivity contribution in [1.29, 1.82) is 0 Å². The second-order valence-electron chi connectivity index (χ2n) is 7.46. The molecule has 0 aromatic heterocycles. The number of benzene rings is 2. The molecule has 146 valence electrons. The molecule has 1 fully saturated rings. The zero-order chi connectivity index (χ0) is 20.4. The summed E-state index contributed by atoms with van der Waals surface area (Å²) in [5, 5.41) is 0. The zero-order valence-electron chi connectivity index (χ0n) is 16.7. The van der Waals surface area contributed by atoms with Crippen LogP contribution in [0.1, 0.15) is 40.4 Å². The average Bonchev–Trinajstić information content (AvgIpc) is 3.03. The Hall–Kier alpha value is -2.95. The van der Waals surface area contributed by atoms with Gasteiger partial charge in [-0.15, -0.1) is 0 Å². The van der Waals surface area contributed by atoms with Gasteiger partial charge in [0.2, 0.25) is 11.7 Å². The van der Waals surface area contributed by atoms with Gasteiger partial charge in [0.25, 0.3) is 0 Å². The summed E-state index contributed by atoms with van der Waals surface area (Å²) in [6.45, 7) is 7.68. The van der Waals surface area contributed by atoms with Crippen LogP contribution >= 0.6 is 0 Å². The van der Waals surface area contributed by atoms with E-state index in [1.165, 1.54) is 0 Å². The Kier molecular flexibility index (Phi) is 5.63. The van der Waals surface area contributed by atoms with Crippen LogP contribution in [-0.4, -0.2) is 30.3 Å². The number of carbonyl (C=O) groups is 3. The highest BCUT2D eigenvalue weighted by Gasteiger charge is 2.38. The first-order valence-electron chi connectivity index (χ1n) is 9.46. The van der Waals surface area contributed by atoms with E-state index in [4.69, 9.17) is 4.74 Å². The number of anilines is 1. The standard InChI is InChI=1S/C23H25NO4/c1-14-8-10-18(11-9-14)22(26)17(4)28-23(27)19-12-20(25)24(13-19)21-15(2)6-5-7-16(21)3/h5-11,17,19H,12-13H2,1-4H3/t17-,19+/m0/s1. The second kappa shape index (κ2) is 7.97. The molecule has 1 aliphatic heterocycles. The molecule has 5 nitrogen and oxygen atoms in total. The Bertz CT molecular complexity index is 896. The van der Waals surface area contributed by atoms with Gasteiger partial charge >= 0.3 is 5.97 Å². The topological polar surface area (TPSA) is 63.7 Å². The molecular formula is C23H25NO4. The molecule has 0 aliphatic carbocycles. The fourth-order valence-corrected chi connectivity index (χ4v) is 3.59. The van der Waals surface area contributed by atoms with Crippen LogP contribution in [0.25, 0.3) is 0 Å². The lowest BCUT2D eigenvalue weighted by Crippen LogP contribution is -2.31. The van der Waals surface area contributed by atoms with Gasteiger partial charge in [0, 0.05) is 24.2 Å². The number of esters is 1. The zero-order valence-corrected chi connectivity index (χ0v) is 16.7. The van der Waals surface area contributed by atoms with Gasteiger partial charge in [0.1, 0.15) is 0 Å². The third kappa shape index (κ3) is 3.98. The summed E-state index contributed by atoms with van der Waals surface area (Å²) in [5.74, 6) is -1.42. The second-order valence-corrected chi connectivity index (χ2v) is 7.46. The molecule has 0 spiro atoms. The molecule has 1 aliphatic rings. The maximum Gasteiger partial charge on any atom is 0.312 e. The van der Waals surface area contributed by atoms with E-state index in [1.54, 1.807) is 24.0 Å². The van der Waals surface area contributed by atoms with E-state index in [0.717, 1.165) is 22.4 Å². The molecule has 1 saturated heterocycles. The molecule has 28 heavy (non-hydrogen) atoms. The Morgan fingerprint density at radius 2 is 1.64 bits per heavy atom. The first kappa shape index (κ1) is 19.8. The van der Waals surface area contributed by atoms with Crippen molar-refractivity contribution in [1.82, 2.24) is 0 Å². The lowest BCUT2D eigenvalue weighted by atomic mass is 10.0. The number of ketones is 1. The third-order valence-electron chi connectivity index (χ3n) is 5.17. The summed E-state index contributed by atoms with van der Waals surface area (Å²) >= 11 is 0. The van der Waals surface area contributed by atoms with Crippen molar-refractivity contribution >= 4 is 23.3 Å². The smallest absolute Gasteiger partial charge is 0.312 e. The van der Waals surface area contributed by atoms with Crippen molar-refractivity contribution in [3.63, 3.8) is 0 Å². The minimum absolute atomic E-state index is 0.0953. The number of hydrogen-bond donors (Lipinski definition) is 0. The van der Waals surface area contributed by atoms with E-state index >= 15 is 0 Å². The molecule has 1 amide bonds. The molecule has 2 atom stereocenters. The van der Waals surface area contributed by atoms with Crippen molar-refractivity contribution in [3.8, 4) is 0 Å². The van der Waals surface area contributed by atoms with Gasteiger partial charge in [-0.25, -0.2) is 0 Å². The van der Waals surface area contributed by atoms with E-state index in [1.807, 2.05) is 51.1 Å². The minimum Gasteiger partial charge on any atom is -0.454 e. The number of ether oxygens (including phenoxy) is 1. The normalized spacial score (nSPS) is 17.5. The Labute approximate surface area is 165 Å². The molecule has 5 heteroatoms. The summed E-state index contributed by atoms with van der Waals surface area (Å²) in [4.78, 5) is 39.2. The number of hydrogen-bond acceptors (Lipinski definition) is 4. The van der Waals surface area contributed by atoms with Gasteiger partial charge in [-0.3, -0.25) is 14.4 Å². The van der Waals surface area contributed by atoms with Crippen molar-refractivity contribution in [3.05, 3.63) is 64.7 Å². The van der Waals surface area contributed by atoms with Gasteiger partial charge in [-0.1, -0.05) is 48.0 Å². The molecular weight excluding hydrogens is 354 g/mol. The van der Waals surface area contributed by atoms with E-state index < -0.39 is 18.0 Å². The number of aryl methyl sites for hydroxylation is 3. The summed E-state index contributed by atoms with van der Waals surface area (Å²) in [5.41, 5.74) is 4.39. The predicted molar refractivity (Wildman–Crippen MR) is 107 cm³/mol. The number of Topliss-reactive ketones (excluding diaryl/α,β-unsaturated/α-hetero) is 1. The number of nitrogens with zero attached hydrogens (tertiary/aromatic N) is 1. The average molecular weight is 379 g/mol. The Morgan fingerprint density at radius 3 is 2.25 bits per heavy atom. The Balaban J connectivity index is 1.67. The highest BCUT2D eigenvalue weighted by molar-refractivity contribution is 6.02. The van der Waals surface area contributed by atoms with Crippen LogP contribution in [0.4, 0.5) is 5.69 Å². The van der Waals surface area contributed by atoms with Gasteiger partial charge in [-0.05, 0) is 38.8 Å². The molecule has 0 bridgehead atoms. The third-order valence-corrected chi connectivity index (χ3v) is 5.17. The maximum absolute atomic E-state index is 12.6. The molecule has 3 rings (SSSR count). The van der Waals surface area contributed by atoms with Gasteiger partial charge in [0.15, 0.2) is 6.10 Å². The quantitative estimate of drug-likeness (QED) is 0.586. The lowest BCUT2D eigenvalue weighted by Gasteiger charge is -2.21. The molecule has 0 saturated carbocycles. The Morgan fingerprint density at radius 1 is 1.04 bits per heavy atom. The monoisotopic (exact) mass is 379 g/mol. The fourth-order valence-electron chi connectivity index (χ4n) is 3.59. The molecule has 1 heterocycles. The summed E-state index contributed by atoms with van der Waals surface area (Å²) in [6.07, 6.45) is -0.794. The maximum atomic E-state index is 12.6. The molecule has 2 aromatic rings. The van der Waals surface area contributed by atoms with Crippen LogP contribution in [0.3, 0.4) is 0 Å². The van der Waals surface area contributed by atoms with Crippen molar-refractivity contribution in [2.75, 3.05) is 11.4 Å². The lowest BCUT2D eigenvalue weighted by molar-refractivity contribution is -0.151. The summed E-state index contributed by atoms with van der Waals surface area (Å²) in [6, 6.07) is 13.0. The number of para-hydroxylation sites is 1. The van der Waals surface area contributed by atoms with E-state index in [-0.39, 0.29) is 24.7 Å². The number of amides is 1. The number of rotatable bonds is 5. The summed E-state index contributed by atoms with van der Waals surface area (Å²) in [7, 11) is 0. The van der Waals surface area contributed by atoms with Crippen LogP contribution in [-0.2, 0) is 14.3 Å². The molecule has 0 radical (unpaired) electrons. The van der Waals surface area contributed by atoms with Crippen LogP contribution in [0.5, 0.6) is 0 Å². The van der Waals surface area contributed by atoms with Crippen molar-refractivity contribution in [2.24, 2.45) is 5.92 Å². The first-order chi connectivity index (χ1) is 13.3. The minimum atomic E-state index is -0.889. The van der Waals surface area contributed by atoms with E-state index in [0.29, 0.717) is 5.56 Å². The largest absolute Gasteiger partial charge is 0.454 e. The van der Waals surface area contributed by atoms with Gasteiger partial charge < -0.3 is 9.64 Å². The van der Waals surface area contributed by atoms with Crippen LogP contribution in [0, 0.1) is 26.7 Å². The van der Waals surface area contributed by atoms with Crippen LogP contribution < -0.4 is 4.90 Å². The predicted octanol–water partition coefficient (Wildman–Crippen LogP) is 3.78. The van der Waals surface area contributed by atoms with Crippen molar-refractivity contribution in [2.45, 2.75) is 40.2 Å². The molecule has 0 N–H and O–H groups in total. The first-order valence-corrected chi connectivity index (χ1v) is 9.46. The van der Waals surface area contributed by atoms with Crippen LogP contribution in [0.2, 0.25) is 0 Å². The highest BCUT2D eigenvalue weighted by atomic mass is 16.5. The highest BCUT2D eigenvalue weighted by Crippen LogP contribution is 2.31. The number of carbonyl (C=O) groups excluding carboxylic acids is 3. The van der Waals surface area contributed by atoms with Crippen LogP contribution in [0.15, 0.2) is 42.5 Å². The summed E-state index contributed by atoms with van der Waals surface area (Å²) < 4.78 is 5.41.